The first kappa shape index (κ1) is 12.9. The lowest BCUT2D eigenvalue weighted by molar-refractivity contribution is 1.11. The predicted octanol–water partition coefficient (Wildman–Crippen LogP) is 2.96. The van der Waals surface area contributed by atoms with Crippen molar-refractivity contribution in [2.45, 2.75) is 0 Å². The largest absolute Gasteiger partial charge is 0.338 e. The van der Waals surface area contributed by atoms with Crippen LogP contribution in [0.25, 0.3) is 44.6 Å². The van der Waals surface area contributed by atoms with E-state index in [2.05, 4.69) is 35.1 Å². The average Bonchev–Trinajstić information content (AvgIpc) is 3.25. The van der Waals surface area contributed by atoms with Gasteiger partial charge in [-0.1, -0.05) is 0 Å². The molecule has 0 aliphatic carbocycles. The average molecular weight is 313 g/mol. The van der Waals surface area contributed by atoms with Crippen LogP contribution in [-0.4, -0.2) is 35.1 Å². The van der Waals surface area contributed by atoms with Gasteiger partial charge in [0.2, 0.25) is 0 Å². The number of rotatable bonds is 2. The molecule has 0 radical (unpaired) electrons. The van der Waals surface area contributed by atoms with Gasteiger partial charge in [0.25, 0.3) is 0 Å². The second-order valence-electron chi connectivity index (χ2n) is 5.44. The predicted molar refractivity (Wildman–Crippen MR) is 90.0 cm³/mol. The van der Waals surface area contributed by atoms with Crippen LogP contribution < -0.4 is 0 Å². The van der Waals surface area contributed by atoms with Gasteiger partial charge in [-0.3, -0.25) is 10.1 Å². The third kappa shape index (κ3) is 1.95. The summed E-state index contributed by atoms with van der Waals surface area (Å²) < 4.78 is 0. The van der Waals surface area contributed by atoms with E-state index in [1.165, 1.54) is 6.33 Å². The normalized spacial score (nSPS) is 11.3. The van der Waals surface area contributed by atoms with Crippen LogP contribution in [0, 0.1) is 0 Å². The fraction of sp³-hybridized carbons (Fsp3) is 0. The van der Waals surface area contributed by atoms with E-state index in [9.17, 15) is 0 Å². The van der Waals surface area contributed by atoms with E-state index >= 15 is 0 Å². The molecule has 0 fully saturated rings. The lowest BCUT2D eigenvalue weighted by atomic mass is 10.1. The Kier molecular flexibility index (Phi) is 2.66. The van der Waals surface area contributed by atoms with Crippen LogP contribution in [-0.2, 0) is 0 Å². The minimum Gasteiger partial charge on any atom is -0.338 e. The molecule has 0 atom stereocenters. The van der Waals surface area contributed by atoms with Crippen LogP contribution in [0.1, 0.15) is 0 Å². The Morgan fingerprint density at radius 3 is 2.75 bits per heavy atom. The van der Waals surface area contributed by atoms with Crippen molar-refractivity contribution in [2.24, 2.45) is 0 Å². The Morgan fingerprint density at radius 1 is 0.958 bits per heavy atom. The summed E-state index contributed by atoms with van der Waals surface area (Å²) in [5.74, 6) is 0. The van der Waals surface area contributed by atoms with E-state index in [0.717, 1.165) is 44.6 Å². The molecule has 114 valence electrons. The van der Waals surface area contributed by atoms with Crippen molar-refractivity contribution in [3.63, 3.8) is 0 Å². The van der Waals surface area contributed by atoms with E-state index in [4.69, 9.17) is 0 Å². The molecule has 7 heteroatoms. The second kappa shape index (κ2) is 4.95. The number of hydrogen-bond donors (Lipinski definition) is 2. The second-order valence-corrected chi connectivity index (χ2v) is 5.44. The molecule has 5 rings (SSSR count). The van der Waals surface area contributed by atoms with Gasteiger partial charge in [-0.15, -0.1) is 0 Å². The van der Waals surface area contributed by atoms with Gasteiger partial charge in [-0.05, 0) is 24.3 Å². The first-order valence-corrected chi connectivity index (χ1v) is 7.42. The summed E-state index contributed by atoms with van der Waals surface area (Å²) in [5.41, 5.74) is 5.14. The highest BCUT2D eigenvalue weighted by molar-refractivity contribution is 5.96. The molecule has 0 aliphatic rings. The Morgan fingerprint density at radius 2 is 1.88 bits per heavy atom. The lowest BCUT2D eigenvalue weighted by Crippen LogP contribution is -1.86. The molecule has 7 nitrogen and oxygen atoms in total. The summed E-state index contributed by atoms with van der Waals surface area (Å²) in [6.07, 6.45) is 8.53. The van der Waals surface area contributed by atoms with Gasteiger partial charge in [0.05, 0.1) is 23.1 Å². The zero-order valence-electron chi connectivity index (χ0n) is 12.4. The molecule has 0 saturated carbocycles. The highest BCUT2D eigenvalue weighted by atomic mass is 15.1. The maximum atomic E-state index is 4.45. The molecule has 5 aromatic heterocycles. The molecule has 0 saturated heterocycles. The van der Waals surface area contributed by atoms with Crippen LogP contribution in [0.4, 0.5) is 0 Å². The van der Waals surface area contributed by atoms with Gasteiger partial charge in [-0.25, -0.2) is 15.0 Å². The number of aromatic nitrogens is 7. The molecule has 0 unspecified atom stereocenters. The van der Waals surface area contributed by atoms with Crippen molar-refractivity contribution in [1.29, 1.82) is 0 Å². The number of nitrogens with one attached hydrogen (secondary N) is 2. The summed E-state index contributed by atoms with van der Waals surface area (Å²) in [7, 11) is 0. The topological polar surface area (TPSA) is 96.0 Å². The van der Waals surface area contributed by atoms with Gasteiger partial charge in [-0.2, -0.15) is 5.10 Å². The molecule has 0 spiro atoms. The van der Waals surface area contributed by atoms with Crippen LogP contribution in [0.2, 0.25) is 0 Å². The lowest BCUT2D eigenvalue weighted by Gasteiger charge is -2.00. The van der Waals surface area contributed by atoms with Crippen LogP contribution >= 0.6 is 0 Å². The van der Waals surface area contributed by atoms with Crippen LogP contribution in [0.3, 0.4) is 0 Å². The standard InChI is InChI=1S/C17H11N7/c1-2-10-4-14(22-17(10)20-3-1)16-12-5-13(11-6-18-9-19-7-11)21-8-15(12)23-24-16/h1-9H,(H,20,22)(H,23,24). The Balaban J connectivity index is 1.71. The van der Waals surface area contributed by atoms with Crippen molar-refractivity contribution >= 4 is 21.9 Å². The maximum absolute atomic E-state index is 4.45. The van der Waals surface area contributed by atoms with Gasteiger partial charge in [0.15, 0.2) is 0 Å². The van der Waals surface area contributed by atoms with Gasteiger partial charge in [0, 0.05) is 34.9 Å². The van der Waals surface area contributed by atoms with Crippen molar-refractivity contribution in [3.05, 3.63) is 55.4 Å². The molecule has 0 amide bonds. The molecule has 2 N–H and O–H groups in total. The molecule has 0 aromatic carbocycles. The van der Waals surface area contributed by atoms with Gasteiger partial charge >= 0.3 is 0 Å². The number of aromatic amines is 2. The van der Waals surface area contributed by atoms with Crippen molar-refractivity contribution in [3.8, 4) is 22.6 Å². The molecular weight excluding hydrogens is 302 g/mol. The molecule has 5 heterocycles. The number of nitrogens with zero attached hydrogens (tertiary/aromatic N) is 5. The first-order valence-electron chi connectivity index (χ1n) is 7.42. The number of hydrogen-bond acceptors (Lipinski definition) is 5. The zero-order chi connectivity index (χ0) is 15.9. The van der Waals surface area contributed by atoms with E-state index < -0.39 is 0 Å². The molecule has 0 aliphatic heterocycles. The molecule has 5 aromatic rings. The summed E-state index contributed by atoms with van der Waals surface area (Å²) in [6.45, 7) is 0. The SMILES string of the molecule is c1cnc2[nH]c(-c3n[nH]c4cnc(-c5cncnc5)cc34)cc2c1. The smallest absolute Gasteiger partial charge is 0.137 e. The van der Waals surface area contributed by atoms with Crippen molar-refractivity contribution in [1.82, 2.24) is 35.1 Å². The number of fused-ring (bicyclic) bond motifs is 2. The summed E-state index contributed by atoms with van der Waals surface area (Å²) >= 11 is 0. The minimum atomic E-state index is 0.806. The highest BCUT2D eigenvalue weighted by Gasteiger charge is 2.13. The van der Waals surface area contributed by atoms with Gasteiger partial charge in [0.1, 0.15) is 17.7 Å². The Labute approximate surface area is 135 Å². The Bertz CT molecular complexity index is 1120. The van der Waals surface area contributed by atoms with Crippen molar-refractivity contribution < 1.29 is 0 Å². The summed E-state index contributed by atoms with van der Waals surface area (Å²) in [5, 5.41) is 9.50. The summed E-state index contributed by atoms with van der Waals surface area (Å²) in [6, 6.07) is 7.97. The minimum absolute atomic E-state index is 0.806. The maximum Gasteiger partial charge on any atom is 0.137 e. The third-order valence-corrected chi connectivity index (χ3v) is 3.95. The van der Waals surface area contributed by atoms with E-state index in [1.54, 1.807) is 24.8 Å². The van der Waals surface area contributed by atoms with Gasteiger partial charge < -0.3 is 4.98 Å². The fourth-order valence-electron chi connectivity index (χ4n) is 2.80. The quantitative estimate of drug-likeness (QED) is 0.522. The number of pyridine rings is 2. The van der Waals surface area contributed by atoms with Crippen LogP contribution in [0.5, 0.6) is 0 Å². The van der Waals surface area contributed by atoms with E-state index in [-0.39, 0.29) is 0 Å². The molecular formula is C17H11N7. The van der Waals surface area contributed by atoms with Crippen molar-refractivity contribution in [2.75, 3.05) is 0 Å². The summed E-state index contributed by atoms with van der Waals surface area (Å²) in [4.78, 5) is 20.2. The molecule has 0 bridgehead atoms. The van der Waals surface area contributed by atoms with Crippen LogP contribution in [0.15, 0.2) is 55.4 Å². The third-order valence-electron chi connectivity index (χ3n) is 3.95. The van der Waals surface area contributed by atoms with E-state index in [0.29, 0.717) is 0 Å². The fourth-order valence-corrected chi connectivity index (χ4v) is 2.80. The first-order chi connectivity index (χ1) is 11.9. The molecule has 24 heavy (non-hydrogen) atoms. The monoisotopic (exact) mass is 313 g/mol. The highest BCUT2D eigenvalue weighted by Crippen LogP contribution is 2.29. The van der Waals surface area contributed by atoms with E-state index in [1.807, 2.05) is 24.3 Å². The zero-order valence-corrected chi connectivity index (χ0v) is 12.4. The Hall–Kier alpha value is -3.61. The number of H-pyrrole nitrogens is 2.